The number of hydrogen-bond donors (Lipinski definition) is 1. The number of rotatable bonds is 6. The van der Waals surface area contributed by atoms with Crippen LogP contribution in [0.2, 0.25) is 0 Å². The molecule has 0 aromatic carbocycles. The lowest BCUT2D eigenvalue weighted by atomic mass is 9.78. The molecule has 0 radical (unpaired) electrons. The van der Waals surface area contributed by atoms with Gasteiger partial charge in [0, 0.05) is 11.8 Å². The summed E-state index contributed by atoms with van der Waals surface area (Å²) < 4.78 is 4.66. The van der Waals surface area contributed by atoms with E-state index in [1.54, 1.807) is 0 Å². The summed E-state index contributed by atoms with van der Waals surface area (Å²) in [4.78, 5) is 23.2. The van der Waals surface area contributed by atoms with E-state index in [-0.39, 0.29) is 17.8 Å². The fourth-order valence-corrected chi connectivity index (χ4v) is 3.51. The van der Waals surface area contributed by atoms with Crippen LogP contribution in [0.3, 0.4) is 0 Å². The lowest BCUT2D eigenvalue weighted by Gasteiger charge is -2.34. The second-order valence-corrected chi connectivity index (χ2v) is 6.91. The van der Waals surface area contributed by atoms with Gasteiger partial charge in [-0.3, -0.25) is 9.59 Å². The number of thioether (sulfide) groups is 1. The summed E-state index contributed by atoms with van der Waals surface area (Å²) in [7, 11) is 1.39. The molecular weight excluding hydrogens is 274 g/mol. The maximum absolute atomic E-state index is 11.9. The van der Waals surface area contributed by atoms with E-state index in [1.165, 1.54) is 31.7 Å². The highest BCUT2D eigenvalue weighted by molar-refractivity contribution is 7.99. The van der Waals surface area contributed by atoms with Crippen LogP contribution in [-0.4, -0.2) is 36.5 Å². The zero-order valence-electron chi connectivity index (χ0n) is 13.0. The van der Waals surface area contributed by atoms with Gasteiger partial charge in [0.15, 0.2) is 0 Å². The quantitative estimate of drug-likeness (QED) is 0.766. The van der Waals surface area contributed by atoms with Crippen molar-refractivity contribution < 1.29 is 14.3 Å². The summed E-state index contributed by atoms with van der Waals surface area (Å²) in [5.74, 6) is 1.97. The van der Waals surface area contributed by atoms with E-state index in [0.29, 0.717) is 29.4 Å². The smallest absolute Gasteiger partial charge is 0.309 e. The molecule has 1 rings (SSSR count). The molecule has 1 N–H and O–H groups in total. The van der Waals surface area contributed by atoms with Crippen molar-refractivity contribution in [1.29, 1.82) is 0 Å². The standard InChI is InChI=1S/C15H27NO3S/c1-10-6-5-7-13(12(10)3)16-14(17)9-20-8-11(2)15(18)19-4/h10-13H,5-9H2,1-4H3,(H,16,17). The van der Waals surface area contributed by atoms with E-state index in [0.717, 1.165) is 6.42 Å². The molecule has 0 spiro atoms. The summed E-state index contributed by atoms with van der Waals surface area (Å²) in [6.45, 7) is 6.30. The van der Waals surface area contributed by atoms with Crippen LogP contribution < -0.4 is 5.32 Å². The highest BCUT2D eigenvalue weighted by atomic mass is 32.2. The molecule has 4 atom stereocenters. The van der Waals surface area contributed by atoms with Crippen LogP contribution in [0.1, 0.15) is 40.0 Å². The average molecular weight is 301 g/mol. The van der Waals surface area contributed by atoms with E-state index in [2.05, 4.69) is 23.9 Å². The van der Waals surface area contributed by atoms with Crippen molar-refractivity contribution in [3.63, 3.8) is 0 Å². The summed E-state index contributed by atoms with van der Waals surface area (Å²) in [6, 6.07) is 0.310. The van der Waals surface area contributed by atoms with Crippen molar-refractivity contribution in [2.75, 3.05) is 18.6 Å². The highest BCUT2D eigenvalue weighted by Crippen LogP contribution is 2.29. The number of carbonyl (C=O) groups is 2. The molecule has 116 valence electrons. The van der Waals surface area contributed by atoms with Gasteiger partial charge in [0.05, 0.1) is 18.8 Å². The minimum Gasteiger partial charge on any atom is -0.469 e. The molecule has 0 heterocycles. The Morgan fingerprint density at radius 1 is 1.35 bits per heavy atom. The molecule has 0 aromatic rings. The summed E-state index contributed by atoms with van der Waals surface area (Å²) >= 11 is 1.49. The van der Waals surface area contributed by atoms with Crippen LogP contribution in [0.5, 0.6) is 0 Å². The van der Waals surface area contributed by atoms with Crippen LogP contribution >= 0.6 is 11.8 Å². The van der Waals surface area contributed by atoms with E-state index in [1.807, 2.05) is 6.92 Å². The fourth-order valence-electron chi connectivity index (χ4n) is 2.63. The zero-order chi connectivity index (χ0) is 15.1. The minimum absolute atomic E-state index is 0.0815. The van der Waals surface area contributed by atoms with Crippen LogP contribution in [0, 0.1) is 17.8 Å². The van der Waals surface area contributed by atoms with Crippen LogP contribution in [0.4, 0.5) is 0 Å². The Bertz CT molecular complexity index is 335. The molecule has 1 amide bonds. The van der Waals surface area contributed by atoms with Crippen LogP contribution in [0.25, 0.3) is 0 Å². The predicted octanol–water partition coefficient (Wildman–Crippen LogP) is 2.47. The normalized spacial score (nSPS) is 27.7. The van der Waals surface area contributed by atoms with Gasteiger partial charge < -0.3 is 10.1 Å². The van der Waals surface area contributed by atoms with Crippen molar-refractivity contribution in [3.05, 3.63) is 0 Å². The molecule has 1 aliphatic carbocycles. The second-order valence-electron chi connectivity index (χ2n) is 5.88. The topological polar surface area (TPSA) is 55.4 Å². The van der Waals surface area contributed by atoms with Crippen molar-refractivity contribution in [2.24, 2.45) is 17.8 Å². The maximum Gasteiger partial charge on any atom is 0.309 e. The van der Waals surface area contributed by atoms with Crippen LogP contribution in [0.15, 0.2) is 0 Å². The molecule has 1 fully saturated rings. The largest absolute Gasteiger partial charge is 0.469 e. The number of hydrogen-bond acceptors (Lipinski definition) is 4. The van der Waals surface area contributed by atoms with Crippen molar-refractivity contribution in [1.82, 2.24) is 5.32 Å². The molecule has 4 unspecified atom stereocenters. The van der Waals surface area contributed by atoms with Crippen molar-refractivity contribution >= 4 is 23.6 Å². The Labute approximate surface area is 126 Å². The Hall–Kier alpha value is -0.710. The third-order valence-corrected chi connectivity index (χ3v) is 5.46. The summed E-state index contributed by atoms with van der Waals surface area (Å²) in [6.07, 6.45) is 3.54. The van der Waals surface area contributed by atoms with Gasteiger partial charge in [0.25, 0.3) is 0 Å². The number of carbonyl (C=O) groups excluding carboxylic acids is 2. The van der Waals surface area contributed by atoms with Crippen molar-refractivity contribution in [3.8, 4) is 0 Å². The minimum atomic E-state index is -0.215. The first kappa shape index (κ1) is 17.3. The van der Waals surface area contributed by atoms with Gasteiger partial charge in [-0.05, 0) is 18.3 Å². The molecule has 0 saturated heterocycles. The molecule has 1 saturated carbocycles. The fraction of sp³-hybridized carbons (Fsp3) is 0.867. The first-order valence-electron chi connectivity index (χ1n) is 7.40. The molecule has 1 aliphatic rings. The predicted molar refractivity (Wildman–Crippen MR) is 82.6 cm³/mol. The lowest BCUT2D eigenvalue weighted by Crippen LogP contribution is -2.44. The Morgan fingerprint density at radius 2 is 2.05 bits per heavy atom. The van der Waals surface area contributed by atoms with Gasteiger partial charge in [-0.2, -0.15) is 11.8 Å². The first-order chi connectivity index (χ1) is 9.45. The van der Waals surface area contributed by atoms with Crippen LogP contribution in [-0.2, 0) is 14.3 Å². The molecule has 0 bridgehead atoms. The van der Waals surface area contributed by atoms with Gasteiger partial charge in [0.1, 0.15) is 0 Å². The van der Waals surface area contributed by atoms with Crippen molar-refractivity contribution in [2.45, 2.75) is 46.1 Å². The van der Waals surface area contributed by atoms with E-state index in [9.17, 15) is 9.59 Å². The van der Waals surface area contributed by atoms with Gasteiger partial charge in [-0.25, -0.2) is 0 Å². The summed E-state index contributed by atoms with van der Waals surface area (Å²) in [5, 5.41) is 3.14. The summed E-state index contributed by atoms with van der Waals surface area (Å²) in [5.41, 5.74) is 0. The average Bonchev–Trinajstić information content (AvgIpc) is 2.42. The Kier molecular flexibility index (Phi) is 7.41. The highest BCUT2D eigenvalue weighted by Gasteiger charge is 2.28. The van der Waals surface area contributed by atoms with Gasteiger partial charge in [-0.15, -0.1) is 0 Å². The molecule has 0 aliphatic heterocycles. The van der Waals surface area contributed by atoms with E-state index in [4.69, 9.17) is 0 Å². The monoisotopic (exact) mass is 301 g/mol. The molecule has 4 nitrogen and oxygen atoms in total. The number of esters is 1. The van der Waals surface area contributed by atoms with Gasteiger partial charge in [-0.1, -0.05) is 33.6 Å². The third-order valence-electron chi connectivity index (χ3n) is 4.26. The first-order valence-corrected chi connectivity index (χ1v) is 8.56. The maximum atomic E-state index is 11.9. The zero-order valence-corrected chi connectivity index (χ0v) is 13.8. The number of ether oxygens (including phenoxy) is 1. The Morgan fingerprint density at radius 3 is 2.70 bits per heavy atom. The second kappa shape index (κ2) is 8.55. The lowest BCUT2D eigenvalue weighted by molar-refractivity contribution is -0.144. The number of nitrogens with one attached hydrogen (secondary N) is 1. The number of methoxy groups -OCH3 is 1. The van der Waals surface area contributed by atoms with Gasteiger partial charge in [0.2, 0.25) is 5.91 Å². The SMILES string of the molecule is COC(=O)C(C)CSCC(=O)NC1CCCC(C)C1C. The van der Waals surface area contributed by atoms with E-state index >= 15 is 0 Å². The Balaban J connectivity index is 2.25. The third kappa shape index (κ3) is 5.35. The van der Waals surface area contributed by atoms with Gasteiger partial charge >= 0.3 is 5.97 Å². The molecule has 20 heavy (non-hydrogen) atoms. The number of amides is 1. The molecule has 0 aromatic heterocycles. The molecule has 5 heteroatoms. The van der Waals surface area contributed by atoms with E-state index < -0.39 is 0 Å². The molecular formula is C15H27NO3S.